The van der Waals surface area contributed by atoms with E-state index in [4.69, 9.17) is 10.00 Å². The van der Waals surface area contributed by atoms with Gasteiger partial charge in [-0.2, -0.15) is 5.26 Å². The van der Waals surface area contributed by atoms with Crippen molar-refractivity contribution in [2.75, 3.05) is 0 Å². The topological polar surface area (TPSA) is 89.1 Å². The number of hydrogen-bond donors (Lipinski definition) is 0. The summed E-state index contributed by atoms with van der Waals surface area (Å²) >= 11 is 0. The van der Waals surface area contributed by atoms with Crippen molar-refractivity contribution in [3.63, 3.8) is 0 Å². The first-order valence-electron chi connectivity index (χ1n) is 5.40. The fourth-order valence-electron chi connectivity index (χ4n) is 1.50. The maximum atomic E-state index is 10.6. The molecule has 0 radical (unpaired) electrons. The van der Waals surface area contributed by atoms with E-state index in [-0.39, 0.29) is 17.0 Å². The van der Waals surface area contributed by atoms with Crippen LogP contribution in [0.15, 0.2) is 36.5 Å². The molecule has 0 saturated carbocycles. The lowest BCUT2D eigenvalue weighted by Gasteiger charge is -2.08. The minimum atomic E-state index is -0.556. The summed E-state index contributed by atoms with van der Waals surface area (Å²) in [5.74, 6) is 0.775. The number of nitriles is 1. The number of nitrogens with zero attached hydrogens (tertiary/aromatic N) is 3. The predicted molar refractivity (Wildman–Crippen MR) is 66.9 cm³/mol. The van der Waals surface area contributed by atoms with Crippen molar-refractivity contribution in [1.29, 1.82) is 5.26 Å². The van der Waals surface area contributed by atoms with Crippen LogP contribution >= 0.6 is 0 Å². The number of nitro groups is 1. The second kappa shape index (κ2) is 5.14. The number of ether oxygens (including phenoxy) is 1. The molecule has 0 aliphatic carbocycles. The summed E-state index contributed by atoms with van der Waals surface area (Å²) in [6.07, 6.45) is 1.63. The highest BCUT2D eigenvalue weighted by molar-refractivity contribution is 5.51. The van der Waals surface area contributed by atoms with Gasteiger partial charge < -0.3 is 4.74 Å². The van der Waals surface area contributed by atoms with Gasteiger partial charge in [0, 0.05) is 18.3 Å². The second-order valence-corrected chi connectivity index (χ2v) is 3.74. The number of benzene rings is 1. The standard InChI is InChI=1S/C13H9N3O3/c1-9-12(3-2-6-15-9)19-13-5-4-11(16(17)18)7-10(13)8-14/h2-7H,1H3. The lowest BCUT2D eigenvalue weighted by Crippen LogP contribution is -1.94. The monoisotopic (exact) mass is 255 g/mol. The van der Waals surface area contributed by atoms with Gasteiger partial charge in [0.15, 0.2) is 0 Å². The third kappa shape index (κ3) is 2.66. The van der Waals surface area contributed by atoms with Crippen LogP contribution in [0, 0.1) is 28.4 Å². The van der Waals surface area contributed by atoms with Crippen LogP contribution in [-0.2, 0) is 0 Å². The van der Waals surface area contributed by atoms with Crippen molar-refractivity contribution in [1.82, 2.24) is 4.98 Å². The summed E-state index contributed by atoms with van der Waals surface area (Å²) in [6.45, 7) is 1.77. The maximum Gasteiger partial charge on any atom is 0.271 e. The fourth-order valence-corrected chi connectivity index (χ4v) is 1.50. The van der Waals surface area contributed by atoms with Gasteiger partial charge in [0.05, 0.1) is 10.6 Å². The molecule has 6 heteroatoms. The number of aryl methyl sites for hydroxylation is 1. The molecule has 2 rings (SSSR count). The molecule has 0 fully saturated rings. The molecule has 0 bridgehead atoms. The van der Waals surface area contributed by atoms with E-state index in [1.165, 1.54) is 18.2 Å². The van der Waals surface area contributed by atoms with Crippen LogP contribution in [0.25, 0.3) is 0 Å². The van der Waals surface area contributed by atoms with Crippen molar-refractivity contribution < 1.29 is 9.66 Å². The first-order valence-corrected chi connectivity index (χ1v) is 5.40. The lowest BCUT2D eigenvalue weighted by molar-refractivity contribution is -0.384. The zero-order chi connectivity index (χ0) is 13.8. The molecule has 1 aromatic heterocycles. The Morgan fingerprint density at radius 1 is 1.37 bits per heavy atom. The van der Waals surface area contributed by atoms with E-state index in [2.05, 4.69) is 4.98 Å². The molecule has 1 heterocycles. The van der Waals surface area contributed by atoms with E-state index >= 15 is 0 Å². The minimum absolute atomic E-state index is 0.109. The van der Waals surface area contributed by atoms with Gasteiger partial charge in [-0.3, -0.25) is 15.1 Å². The van der Waals surface area contributed by atoms with Crippen LogP contribution in [0.2, 0.25) is 0 Å². The van der Waals surface area contributed by atoms with Crippen LogP contribution in [0.1, 0.15) is 11.3 Å². The number of hydrogen-bond acceptors (Lipinski definition) is 5. The molecule has 94 valence electrons. The Bertz CT molecular complexity index is 677. The van der Waals surface area contributed by atoms with Crippen LogP contribution in [0.3, 0.4) is 0 Å². The highest BCUT2D eigenvalue weighted by Gasteiger charge is 2.12. The van der Waals surface area contributed by atoms with Crippen molar-refractivity contribution in [3.8, 4) is 17.6 Å². The Morgan fingerprint density at radius 2 is 2.16 bits per heavy atom. The molecule has 0 spiro atoms. The van der Waals surface area contributed by atoms with Crippen LogP contribution in [0.5, 0.6) is 11.5 Å². The molecule has 0 saturated heterocycles. The Kier molecular flexibility index (Phi) is 3.39. The highest BCUT2D eigenvalue weighted by Crippen LogP contribution is 2.29. The molecule has 0 aliphatic rings. The molecule has 2 aromatic rings. The van der Waals surface area contributed by atoms with Gasteiger partial charge in [0.1, 0.15) is 23.1 Å². The van der Waals surface area contributed by atoms with Gasteiger partial charge in [-0.1, -0.05) is 0 Å². The molecule has 6 nitrogen and oxygen atoms in total. The average molecular weight is 255 g/mol. The highest BCUT2D eigenvalue weighted by atomic mass is 16.6. The third-order valence-corrected chi connectivity index (χ3v) is 2.47. The van der Waals surface area contributed by atoms with Crippen molar-refractivity contribution >= 4 is 5.69 Å². The van der Waals surface area contributed by atoms with E-state index < -0.39 is 4.92 Å². The summed E-state index contributed by atoms with van der Waals surface area (Å²) in [5.41, 5.74) is 0.633. The quantitative estimate of drug-likeness (QED) is 0.621. The van der Waals surface area contributed by atoms with E-state index in [1.807, 2.05) is 6.07 Å². The van der Waals surface area contributed by atoms with Crippen molar-refractivity contribution in [3.05, 3.63) is 57.9 Å². The number of aromatic nitrogens is 1. The first kappa shape index (κ1) is 12.5. The van der Waals surface area contributed by atoms with E-state index in [0.717, 1.165) is 0 Å². The van der Waals surface area contributed by atoms with Gasteiger partial charge in [-0.15, -0.1) is 0 Å². The van der Waals surface area contributed by atoms with Crippen LogP contribution in [-0.4, -0.2) is 9.91 Å². The second-order valence-electron chi connectivity index (χ2n) is 3.74. The summed E-state index contributed by atoms with van der Waals surface area (Å²) < 4.78 is 5.56. The Labute approximate surface area is 109 Å². The SMILES string of the molecule is Cc1ncccc1Oc1ccc([N+](=O)[O-])cc1C#N. The lowest BCUT2D eigenvalue weighted by atomic mass is 10.2. The van der Waals surface area contributed by atoms with E-state index in [0.29, 0.717) is 11.4 Å². The van der Waals surface area contributed by atoms with Crippen LogP contribution < -0.4 is 4.74 Å². The van der Waals surface area contributed by atoms with Gasteiger partial charge in [-0.05, 0) is 25.1 Å². The van der Waals surface area contributed by atoms with E-state index in [9.17, 15) is 10.1 Å². The average Bonchev–Trinajstić information content (AvgIpc) is 2.41. The number of nitro benzene ring substituents is 1. The summed E-state index contributed by atoms with van der Waals surface area (Å²) in [6, 6.07) is 9.18. The molecule has 0 N–H and O–H groups in total. The number of non-ortho nitro benzene ring substituents is 1. The summed E-state index contributed by atoms with van der Waals surface area (Å²) in [5, 5.41) is 19.6. The molecular formula is C13H9N3O3. The van der Waals surface area contributed by atoms with Gasteiger partial charge in [0.2, 0.25) is 0 Å². The third-order valence-electron chi connectivity index (χ3n) is 2.47. The van der Waals surface area contributed by atoms with Gasteiger partial charge in [0.25, 0.3) is 5.69 Å². The molecule has 19 heavy (non-hydrogen) atoms. The Hall–Kier alpha value is -2.94. The molecule has 0 atom stereocenters. The fraction of sp³-hybridized carbons (Fsp3) is 0.0769. The van der Waals surface area contributed by atoms with Gasteiger partial charge in [-0.25, -0.2) is 0 Å². The summed E-state index contributed by atoms with van der Waals surface area (Å²) in [4.78, 5) is 14.1. The normalized spacial score (nSPS) is 9.68. The summed E-state index contributed by atoms with van der Waals surface area (Å²) in [7, 11) is 0. The molecule has 1 aromatic carbocycles. The maximum absolute atomic E-state index is 10.6. The first-order chi connectivity index (χ1) is 9.11. The molecule has 0 unspecified atom stereocenters. The smallest absolute Gasteiger partial charge is 0.271 e. The van der Waals surface area contributed by atoms with Crippen molar-refractivity contribution in [2.24, 2.45) is 0 Å². The number of rotatable bonds is 3. The Morgan fingerprint density at radius 3 is 2.79 bits per heavy atom. The number of pyridine rings is 1. The van der Waals surface area contributed by atoms with Gasteiger partial charge >= 0.3 is 0 Å². The molecule has 0 amide bonds. The predicted octanol–water partition coefficient (Wildman–Crippen LogP) is 2.96. The Balaban J connectivity index is 2.39. The largest absolute Gasteiger partial charge is 0.454 e. The zero-order valence-corrected chi connectivity index (χ0v) is 10.0. The molecular weight excluding hydrogens is 246 g/mol. The van der Waals surface area contributed by atoms with E-state index in [1.54, 1.807) is 25.3 Å². The van der Waals surface area contributed by atoms with Crippen LogP contribution in [0.4, 0.5) is 5.69 Å². The molecule has 0 aliphatic heterocycles. The zero-order valence-electron chi connectivity index (χ0n) is 10.0. The minimum Gasteiger partial charge on any atom is -0.454 e. The van der Waals surface area contributed by atoms with Crippen molar-refractivity contribution in [2.45, 2.75) is 6.92 Å².